The summed E-state index contributed by atoms with van der Waals surface area (Å²) in [5, 5.41) is 8.07. The molecular weight excluding hydrogens is 288 g/mol. The van der Waals surface area contributed by atoms with Crippen LogP contribution in [0.15, 0.2) is 23.1 Å². The van der Waals surface area contributed by atoms with Gasteiger partial charge in [0.2, 0.25) is 10.0 Å². The molecule has 1 atom stereocenters. The van der Waals surface area contributed by atoms with Crippen LogP contribution in [0.5, 0.6) is 0 Å². The first kappa shape index (κ1) is 16.0. The van der Waals surface area contributed by atoms with E-state index in [1.807, 2.05) is 6.92 Å². The summed E-state index contributed by atoms with van der Waals surface area (Å²) in [6, 6.07) is 4.66. The molecule has 1 unspecified atom stereocenters. The predicted molar refractivity (Wildman–Crippen MR) is 81.4 cm³/mol. The summed E-state index contributed by atoms with van der Waals surface area (Å²) >= 11 is 0. The number of carbonyl (C=O) groups is 1. The van der Waals surface area contributed by atoms with Crippen molar-refractivity contribution < 1.29 is 13.2 Å². The number of rotatable bonds is 6. The van der Waals surface area contributed by atoms with Crippen molar-refractivity contribution in [1.82, 2.24) is 5.32 Å². The van der Waals surface area contributed by atoms with Crippen LogP contribution in [0.2, 0.25) is 0 Å². The Balaban J connectivity index is 2.13. The van der Waals surface area contributed by atoms with E-state index >= 15 is 0 Å². The molecule has 0 heterocycles. The van der Waals surface area contributed by atoms with Gasteiger partial charge in [-0.15, -0.1) is 0 Å². The lowest BCUT2D eigenvalue weighted by molar-refractivity contribution is 0.0946. The molecule has 0 bridgehead atoms. The highest BCUT2D eigenvalue weighted by atomic mass is 32.2. The highest BCUT2D eigenvalue weighted by molar-refractivity contribution is 7.89. The average Bonchev–Trinajstić information content (AvgIpc) is 3.27. The first-order chi connectivity index (χ1) is 9.82. The molecule has 0 aromatic heterocycles. The summed E-state index contributed by atoms with van der Waals surface area (Å²) in [7, 11) is -3.82. The fourth-order valence-electron chi connectivity index (χ4n) is 2.44. The molecule has 1 fully saturated rings. The molecule has 0 radical (unpaired) electrons. The monoisotopic (exact) mass is 310 g/mol. The Labute approximate surface area is 126 Å². The van der Waals surface area contributed by atoms with E-state index < -0.39 is 10.0 Å². The van der Waals surface area contributed by atoms with Gasteiger partial charge in [0.1, 0.15) is 0 Å². The third-order valence-corrected chi connectivity index (χ3v) is 5.02. The van der Waals surface area contributed by atoms with Gasteiger partial charge < -0.3 is 5.32 Å². The fraction of sp³-hybridized carbons (Fsp3) is 0.533. The molecule has 21 heavy (non-hydrogen) atoms. The molecule has 1 aromatic rings. The minimum atomic E-state index is -3.82. The lowest BCUT2D eigenvalue weighted by atomic mass is 10.1. The number of nitrogens with two attached hydrogens (primary N) is 1. The standard InChI is InChI=1S/C15H22N2O3S/c1-3-11-4-7-13(8-14(11)21(16,19)20)15(18)17-9-10(2)12-5-6-12/h4,7-8,10,12H,3,5-6,9H2,1-2H3,(H,17,18)(H2,16,19,20). The topological polar surface area (TPSA) is 89.3 Å². The van der Waals surface area contributed by atoms with Crippen molar-refractivity contribution in [3.63, 3.8) is 0 Å². The zero-order valence-corrected chi connectivity index (χ0v) is 13.2. The van der Waals surface area contributed by atoms with Gasteiger partial charge in [-0.05, 0) is 48.8 Å². The molecule has 0 spiro atoms. The zero-order valence-electron chi connectivity index (χ0n) is 12.4. The van der Waals surface area contributed by atoms with Crippen LogP contribution in [0.3, 0.4) is 0 Å². The molecule has 1 amide bonds. The number of primary sulfonamides is 1. The van der Waals surface area contributed by atoms with E-state index in [2.05, 4.69) is 12.2 Å². The summed E-state index contributed by atoms with van der Waals surface area (Å²) in [4.78, 5) is 12.2. The second-order valence-electron chi connectivity index (χ2n) is 5.75. The highest BCUT2D eigenvalue weighted by Crippen LogP contribution is 2.36. The van der Waals surface area contributed by atoms with Gasteiger partial charge in [0.05, 0.1) is 4.90 Å². The van der Waals surface area contributed by atoms with E-state index in [0.29, 0.717) is 35.9 Å². The number of sulfonamides is 1. The summed E-state index contributed by atoms with van der Waals surface area (Å²) < 4.78 is 23.2. The Morgan fingerprint density at radius 1 is 1.43 bits per heavy atom. The van der Waals surface area contributed by atoms with Gasteiger partial charge in [-0.25, -0.2) is 13.6 Å². The van der Waals surface area contributed by atoms with Gasteiger partial charge in [0.25, 0.3) is 5.91 Å². The Bertz CT molecular complexity index is 636. The second kappa shape index (κ2) is 6.15. The van der Waals surface area contributed by atoms with Crippen molar-refractivity contribution in [2.24, 2.45) is 17.0 Å². The molecule has 0 saturated heterocycles. The molecule has 0 aliphatic heterocycles. The predicted octanol–water partition coefficient (Wildman–Crippen LogP) is 1.67. The molecule has 3 N–H and O–H groups in total. The van der Waals surface area contributed by atoms with Crippen LogP contribution in [-0.4, -0.2) is 20.9 Å². The van der Waals surface area contributed by atoms with Crippen LogP contribution in [-0.2, 0) is 16.4 Å². The number of nitrogens with one attached hydrogen (secondary N) is 1. The summed E-state index contributed by atoms with van der Waals surface area (Å²) in [5.74, 6) is 0.921. The van der Waals surface area contributed by atoms with Crippen molar-refractivity contribution in [2.75, 3.05) is 6.54 Å². The number of amides is 1. The van der Waals surface area contributed by atoms with E-state index in [0.717, 1.165) is 0 Å². The van der Waals surface area contributed by atoms with Gasteiger partial charge in [0, 0.05) is 12.1 Å². The number of hydrogen-bond donors (Lipinski definition) is 2. The second-order valence-corrected chi connectivity index (χ2v) is 7.28. The normalized spacial score (nSPS) is 16.5. The summed E-state index contributed by atoms with van der Waals surface area (Å²) in [6.45, 7) is 4.58. The third-order valence-electron chi connectivity index (χ3n) is 4.03. The Morgan fingerprint density at radius 3 is 2.62 bits per heavy atom. The number of benzene rings is 1. The number of aryl methyl sites for hydroxylation is 1. The van der Waals surface area contributed by atoms with Crippen molar-refractivity contribution in [3.05, 3.63) is 29.3 Å². The van der Waals surface area contributed by atoms with Crippen molar-refractivity contribution in [3.8, 4) is 0 Å². The Kier molecular flexibility index (Phi) is 4.68. The maximum atomic E-state index is 12.1. The lowest BCUT2D eigenvalue weighted by Crippen LogP contribution is -2.29. The minimum Gasteiger partial charge on any atom is -0.352 e. The molecule has 1 saturated carbocycles. The van der Waals surface area contributed by atoms with Gasteiger partial charge in [-0.1, -0.05) is 19.9 Å². The number of carbonyl (C=O) groups excluding carboxylic acids is 1. The van der Waals surface area contributed by atoms with Gasteiger partial charge >= 0.3 is 0 Å². The quantitative estimate of drug-likeness (QED) is 0.837. The average molecular weight is 310 g/mol. The summed E-state index contributed by atoms with van der Waals surface area (Å²) in [6.07, 6.45) is 3.02. The fourth-order valence-corrected chi connectivity index (χ4v) is 3.31. The van der Waals surface area contributed by atoms with Crippen molar-refractivity contribution in [2.45, 2.75) is 38.0 Å². The summed E-state index contributed by atoms with van der Waals surface area (Å²) in [5.41, 5.74) is 0.958. The largest absolute Gasteiger partial charge is 0.352 e. The first-order valence-corrected chi connectivity index (χ1v) is 8.81. The Hall–Kier alpha value is -1.40. The SMILES string of the molecule is CCc1ccc(C(=O)NCC(C)C2CC2)cc1S(N)(=O)=O. The van der Waals surface area contributed by atoms with Crippen LogP contribution in [0.1, 0.15) is 42.6 Å². The van der Waals surface area contributed by atoms with Gasteiger partial charge in [0.15, 0.2) is 0 Å². The highest BCUT2D eigenvalue weighted by Gasteiger charge is 2.28. The third kappa shape index (κ3) is 4.04. The van der Waals surface area contributed by atoms with Crippen LogP contribution >= 0.6 is 0 Å². The van der Waals surface area contributed by atoms with Crippen LogP contribution in [0.25, 0.3) is 0 Å². The van der Waals surface area contributed by atoms with Gasteiger partial charge in [-0.3, -0.25) is 4.79 Å². The maximum absolute atomic E-state index is 12.1. The molecule has 116 valence electrons. The number of hydrogen-bond acceptors (Lipinski definition) is 3. The first-order valence-electron chi connectivity index (χ1n) is 7.26. The van der Waals surface area contributed by atoms with Gasteiger partial charge in [-0.2, -0.15) is 0 Å². The van der Waals surface area contributed by atoms with E-state index in [9.17, 15) is 13.2 Å². The minimum absolute atomic E-state index is 0.0351. The molecule has 2 rings (SSSR count). The van der Waals surface area contributed by atoms with Crippen LogP contribution in [0.4, 0.5) is 0 Å². The Morgan fingerprint density at radius 2 is 2.10 bits per heavy atom. The lowest BCUT2D eigenvalue weighted by Gasteiger charge is -2.13. The molecular formula is C15H22N2O3S. The molecule has 1 aromatic carbocycles. The van der Waals surface area contributed by atoms with E-state index in [1.54, 1.807) is 12.1 Å². The van der Waals surface area contributed by atoms with Crippen molar-refractivity contribution in [1.29, 1.82) is 0 Å². The van der Waals surface area contributed by atoms with E-state index in [-0.39, 0.29) is 10.8 Å². The molecule has 6 heteroatoms. The smallest absolute Gasteiger partial charge is 0.251 e. The van der Waals surface area contributed by atoms with E-state index in [4.69, 9.17) is 5.14 Å². The maximum Gasteiger partial charge on any atom is 0.251 e. The molecule has 5 nitrogen and oxygen atoms in total. The van der Waals surface area contributed by atoms with E-state index in [1.165, 1.54) is 18.9 Å². The molecule has 1 aliphatic rings. The molecule has 1 aliphatic carbocycles. The van der Waals surface area contributed by atoms with Crippen LogP contribution in [0, 0.1) is 11.8 Å². The zero-order chi connectivity index (χ0) is 15.6. The van der Waals surface area contributed by atoms with Crippen molar-refractivity contribution >= 4 is 15.9 Å². The van der Waals surface area contributed by atoms with Crippen LogP contribution < -0.4 is 10.5 Å².